The Morgan fingerprint density at radius 1 is 1.19 bits per heavy atom. The first-order valence-electron chi connectivity index (χ1n) is 8.51. The van der Waals surface area contributed by atoms with Crippen LogP contribution in [0.25, 0.3) is 0 Å². The van der Waals surface area contributed by atoms with Crippen LogP contribution in [0.1, 0.15) is 19.4 Å². The zero-order valence-corrected chi connectivity index (χ0v) is 16.7. The van der Waals surface area contributed by atoms with Gasteiger partial charge < -0.3 is 10.0 Å². The number of carboxylic acids is 1. The molecule has 0 aromatic heterocycles. The predicted octanol–water partition coefficient (Wildman–Crippen LogP) is 1.70. The molecule has 0 saturated carbocycles. The van der Waals surface area contributed by atoms with Gasteiger partial charge in [-0.25, -0.2) is 8.42 Å². The van der Waals surface area contributed by atoms with E-state index in [0.717, 1.165) is 17.1 Å². The summed E-state index contributed by atoms with van der Waals surface area (Å²) in [6.45, 7) is 3.81. The Hall–Kier alpha value is -1.54. The highest BCUT2D eigenvalue weighted by atomic mass is 32.2. The van der Waals surface area contributed by atoms with E-state index in [-0.39, 0.29) is 6.42 Å². The number of hydrogen-bond acceptors (Lipinski definition) is 5. The molecule has 1 atom stereocenters. The summed E-state index contributed by atoms with van der Waals surface area (Å²) < 4.78 is 24.2. The smallest absolute Gasteiger partial charge is 0.307 e. The molecule has 6 nitrogen and oxygen atoms in total. The lowest BCUT2D eigenvalue weighted by Gasteiger charge is -2.34. The number of amides is 1. The largest absolute Gasteiger partial charge is 0.481 e. The minimum absolute atomic E-state index is 0.111. The number of carboxylic acid groups (broad SMARTS) is 1. The van der Waals surface area contributed by atoms with Crippen molar-refractivity contribution in [2.24, 2.45) is 5.92 Å². The maximum Gasteiger partial charge on any atom is 0.307 e. The molecule has 0 spiro atoms. The molecule has 1 amide bonds. The standard InChI is InChI=1S/C18H25NO5S2/c1-18(2,17(22)19-8-10-25-11-9-19)26(23,24)13-15(16(20)21)12-14-6-4-3-5-7-14/h3-7,15H,8-13H2,1-2H3,(H,20,21)/t15-/m1/s1. The van der Waals surface area contributed by atoms with Gasteiger partial charge >= 0.3 is 5.97 Å². The van der Waals surface area contributed by atoms with E-state index in [1.54, 1.807) is 40.9 Å². The molecule has 1 saturated heterocycles. The Kier molecular flexibility index (Phi) is 6.74. The monoisotopic (exact) mass is 399 g/mol. The average Bonchev–Trinajstić information content (AvgIpc) is 2.61. The van der Waals surface area contributed by atoms with Crippen LogP contribution in [0.2, 0.25) is 0 Å². The molecule has 1 aromatic carbocycles. The Labute approximate surface area is 158 Å². The summed E-state index contributed by atoms with van der Waals surface area (Å²) in [7, 11) is -3.95. The van der Waals surface area contributed by atoms with Gasteiger partial charge in [0.15, 0.2) is 9.84 Å². The molecule has 1 aliphatic rings. The molecule has 144 valence electrons. The number of thioether (sulfide) groups is 1. The maximum atomic E-state index is 12.9. The molecule has 0 aliphatic carbocycles. The number of carbonyl (C=O) groups is 2. The number of rotatable bonds is 7. The second kappa shape index (κ2) is 8.43. The van der Waals surface area contributed by atoms with E-state index in [1.807, 2.05) is 6.07 Å². The average molecular weight is 400 g/mol. The fraction of sp³-hybridized carbons (Fsp3) is 0.556. The van der Waals surface area contributed by atoms with E-state index in [9.17, 15) is 23.1 Å². The van der Waals surface area contributed by atoms with Crippen molar-refractivity contribution in [1.29, 1.82) is 0 Å². The topological polar surface area (TPSA) is 91.8 Å². The third-order valence-electron chi connectivity index (χ3n) is 4.69. The highest BCUT2D eigenvalue weighted by Crippen LogP contribution is 2.25. The van der Waals surface area contributed by atoms with Gasteiger partial charge in [-0.05, 0) is 25.8 Å². The van der Waals surface area contributed by atoms with Crippen molar-refractivity contribution in [3.05, 3.63) is 35.9 Å². The highest BCUT2D eigenvalue weighted by Gasteiger charge is 2.45. The van der Waals surface area contributed by atoms with E-state index >= 15 is 0 Å². The first-order valence-corrected chi connectivity index (χ1v) is 11.3. The molecule has 26 heavy (non-hydrogen) atoms. The summed E-state index contributed by atoms with van der Waals surface area (Å²) in [6.07, 6.45) is 0.111. The van der Waals surface area contributed by atoms with Crippen molar-refractivity contribution in [2.45, 2.75) is 25.0 Å². The van der Waals surface area contributed by atoms with Crippen molar-refractivity contribution >= 4 is 33.5 Å². The number of aliphatic carboxylic acids is 1. The van der Waals surface area contributed by atoms with E-state index in [2.05, 4.69) is 0 Å². The van der Waals surface area contributed by atoms with Crippen molar-refractivity contribution in [1.82, 2.24) is 4.90 Å². The van der Waals surface area contributed by atoms with E-state index < -0.39 is 38.1 Å². The van der Waals surface area contributed by atoms with Gasteiger partial charge in [-0.15, -0.1) is 0 Å². The molecular formula is C18H25NO5S2. The summed E-state index contributed by atoms with van der Waals surface area (Å²) >= 11 is 1.73. The molecule has 1 aromatic rings. The third kappa shape index (κ3) is 4.79. The van der Waals surface area contributed by atoms with Crippen molar-refractivity contribution in [2.75, 3.05) is 30.3 Å². The third-order valence-corrected chi connectivity index (χ3v) is 8.20. The van der Waals surface area contributed by atoms with Crippen LogP contribution in [0.4, 0.5) is 0 Å². The van der Waals surface area contributed by atoms with Crippen molar-refractivity contribution in [3.8, 4) is 0 Å². The lowest BCUT2D eigenvalue weighted by atomic mass is 10.0. The Morgan fingerprint density at radius 2 is 1.77 bits per heavy atom. The van der Waals surface area contributed by atoms with Gasteiger partial charge in [0.2, 0.25) is 5.91 Å². The number of benzene rings is 1. The summed E-state index contributed by atoms with van der Waals surface area (Å²) in [5, 5.41) is 9.49. The maximum absolute atomic E-state index is 12.9. The Morgan fingerprint density at radius 3 is 2.31 bits per heavy atom. The summed E-state index contributed by atoms with van der Waals surface area (Å²) in [6, 6.07) is 8.92. The number of carbonyl (C=O) groups excluding carboxylic acids is 1. The predicted molar refractivity (Wildman–Crippen MR) is 103 cm³/mol. The van der Waals surface area contributed by atoms with Crippen LogP contribution in [-0.2, 0) is 25.8 Å². The highest BCUT2D eigenvalue weighted by molar-refractivity contribution is 7.99. The zero-order valence-electron chi connectivity index (χ0n) is 15.1. The van der Waals surface area contributed by atoms with Gasteiger partial charge in [-0.2, -0.15) is 11.8 Å². The van der Waals surface area contributed by atoms with Gasteiger partial charge in [-0.3, -0.25) is 9.59 Å². The Balaban J connectivity index is 2.17. The molecule has 8 heteroatoms. The summed E-state index contributed by atoms with van der Waals surface area (Å²) in [4.78, 5) is 26.0. The van der Waals surface area contributed by atoms with Gasteiger partial charge in [0.1, 0.15) is 4.75 Å². The van der Waals surface area contributed by atoms with E-state index in [0.29, 0.717) is 13.1 Å². The van der Waals surface area contributed by atoms with Crippen molar-refractivity contribution in [3.63, 3.8) is 0 Å². The van der Waals surface area contributed by atoms with Crippen LogP contribution in [0, 0.1) is 5.92 Å². The second-order valence-corrected chi connectivity index (χ2v) is 10.7. The second-order valence-electron chi connectivity index (χ2n) is 6.92. The van der Waals surface area contributed by atoms with Gasteiger partial charge in [-0.1, -0.05) is 30.3 Å². The fourth-order valence-corrected chi connectivity index (χ4v) is 5.37. The van der Waals surface area contributed by atoms with Crippen LogP contribution in [0.5, 0.6) is 0 Å². The van der Waals surface area contributed by atoms with Crippen LogP contribution in [-0.4, -0.2) is 65.4 Å². The normalized spacial score (nSPS) is 16.9. The first-order chi connectivity index (χ1) is 12.1. The Bertz CT molecular complexity index is 740. The molecule has 1 fully saturated rings. The SMILES string of the molecule is CC(C)(C(=O)N1CCSCC1)S(=O)(=O)C[C@@H](Cc1ccccc1)C(=O)O. The molecule has 1 aliphatic heterocycles. The number of hydrogen-bond donors (Lipinski definition) is 1. The molecule has 0 bridgehead atoms. The minimum atomic E-state index is -3.95. The molecular weight excluding hydrogens is 374 g/mol. The van der Waals surface area contributed by atoms with Crippen LogP contribution < -0.4 is 0 Å². The summed E-state index contributed by atoms with van der Waals surface area (Å²) in [5.74, 6) is -1.69. The first kappa shape index (κ1) is 20.8. The van der Waals surface area contributed by atoms with Gasteiger partial charge in [0, 0.05) is 24.6 Å². The molecule has 2 rings (SSSR count). The summed E-state index contributed by atoms with van der Waals surface area (Å²) in [5.41, 5.74) is 0.757. The van der Waals surface area contributed by atoms with Gasteiger partial charge in [0.25, 0.3) is 0 Å². The van der Waals surface area contributed by atoms with E-state index in [1.165, 1.54) is 13.8 Å². The van der Waals surface area contributed by atoms with Crippen LogP contribution in [0.15, 0.2) is 30.3 Å². The minimum Gasteiger partial charge on any atom is -0.481 e. The molecule has 1 heterocycles. The zero-order chi connectivity index (χ0) is 19.4. The number of sulfone groups is 1. The van der Waals surface area contributed by atoms with Crippen LogP contribution >= 0.6 is 11.8 Å². The lowest BCUT2D eigenvalue weighted by Crippen LogP contribution is -2.53. The van der Waals surface area contributed by atoms with E-state index in [4.69, 9.17) is 0 Å². The molecule has 1 N–H and O–H groups in total. The molecule has 0 unspecified atom stereocenters. The van der Waals surface area contributed by atoms with Crippen molar-refractivity contribution < 1.29 is 23.1 Å². The van der Waals surface area contributed by atoms with Crippen LogP contribution in [0.3, 0.4) is 0 Å². The fourth-order valence-electron chi connectivity index (χ4n) is 2.87. The quantitative estimate of drug-likeness (QED) is 0.750. The lowest BCUT2D eigenvalue weighted by molar-refractivity contribution is -0.141. The number of nitrogens with zero attached hydrogens (tertiary/aromatic N) is 1. The van der Waals surface area contributed by atoms with Gasteiger partial charge in [0.05, 0.1) is 11.7 Å². The molecule has 0 radical (unpaired) electrons.